The van der Waals surface area contributed by atoms with E-state index in [0.717, 1.165) is 12.8 Å². The van der Waals surface area contributed by atoms with Crippen LogP contribution in [0.25, 0.3) is 11.1 Å². The van der Waals surface area contributed by atoms with Gasteiger partial charge in [-0.1, -0.05) is 0 Å². The molecule has 0 amide bonds. The van der Waals surface area contributed by atoms with E-state index in [-0.39, 0.29) is 30.6 Å². The topological polar surface area (TPSA) is 0 Å². The SMILES string of the molecule is Cl.Cl.[CH2]=[Zr]([C]1=CC=CC1)([c]1ccc(F)cc1)[c]1cccc2c1Cc1ccccc1-2. The molecule has 4 heteroatoms. The molecule has 0 saturated carbocycles. The van der Waals surface area contributed by atoms with Crippen molar-refractivity contribution in [2.45, 2.75) is 12.8 Å². The zero-order chi connectivity index (χ0) is 18.4. The van der Waals surface area contributed by atoms with E-state index in [1.165, 1.54) is 32.1 Å². The third-order valence-electron chi connectivity index (χ3n) is 5.97. The van der Waals surface area contributed by atoms with Gasteiger partial charge >= 0.3 is 164 Å². The molecule has 0 heterocycles. The second-order valence-electron chi connectivity index (χ2n) is 7.40. The minimum absolute atomic E-state index is 0. The van der Waals surface area contributed by atoms with Gasteiger partial charge in [0, 0.05) is 0 Å². The summed E-state index contributed by atoms with van der Waals surface area (Å²) in [5, 5.41) is 0. The Morgan fingerprint density at radius 3 is 2.28 bits per heavy atom. The molecule has 1 unspecified atom stereocenters. The van der Waals surface area contributed by atoms with Gasteiger partial charge in [0.05, 0.1) is 0 Å². The summed E-state index contributed by atoms with van der Waals surface area (Å²) in [6.07, 6.45) is 8.56. The molecule has 0 nitrogen and oxygen atoms in total. The molecule has 3 aromatic rings. The van der Waals surface area contributed by atoms with Crippen molar-refractivity contribution in [2.75, 3.05) is 0 Å². The average Bonchev–Trinajstić information content (AvgIpc) is 3.36. The molecule has 147 valence electrons. The van der Waals surface area contributed by atoms with E-state index in [4.69, 9.17) is 4.21 Å². The summed E-state index contributed by atoms with van der Waals surface area (Å²) in [7, 11) is 0. The van der Waals surface area contributed by atoms with Crippen LogP contribution in [0.2, 0.25) is 0 Å². The van der Waals surface area contributed by atoms with E-state index < -0.39 is 19.8 Å². The van der Waals surface area contributed by atoms with Crippen LogP contribution in [0, 0.1) is 5.82 Å². The van der Waals surface area contributed by atoms with E-state index >= 15 is 0 Å². The molecule has 0 bridgehead atoms. The zero-order valence-electron chi connectivity index (χ0n) is 15.9. The van der Waals surface area contributed by atoms with Gasteiger partial charge in [-0.05, 0) is 0 Å². The Morgan fingerprint density at radius 2 is 1.55 bits per heavy atom. The van der Waals surface area contributed by atoms with E-state index in [0.29, 0.717) is 0 Å². The second kappa shape index (κ2) is 8.64. The van der Waals surface area contributed by atoms with E-state index in [1.54, 1.807) is 12.1 Å². The summed E-state index contributed by atoms with van der Waals surface area (Å²) in [5.41, 5.74) is 5.52. The molecule has 1 atom stereocenters. The Bertz CT molecular complexity index is 1160. The van der Waals surface area contributed by atoms with Crippen molar-refractivity contribution < 1.29 is 24.2 Å². The number of hydrogen-bond donors (Lipinski definition) is 0. The third-order valence-corrected chi connectivity index (χ3v) is 16.2. The van der Waals surface area contributed by atoms with Gasteiger partial charge in [-0.2, -0.15) is 0 Å². The van der Waals surface area contributed by atoms with E-state index in [9.17, 15) is 4.39 Å². The predicted octanol–water partition coefficient (Wildman–Crippen LogP) is 5.62. The van der Waals surface area contributed by atoms with Crippen LogP contribution in [0.5, 0.6) is 0 Å². The van der Waals surface area contributed by atoms with Crippen LogP contribution in [0.1, 0.15) is 17.5 Å². The van der Waals surface area contributed by atoms with Crippen LogP contribution in [0.15, 0.2) is 88.2 Å². The molecule has 2 aliphatic carbocycles. The fourth-order valence-electron chi connectivity index (χ4n) is 4.57. The molecular weight excluding hydrogens is 481 g/mol. The summed E-state index contributed by atoms with van der Waals surface area (Å²) < 4.78 is 22.7. The number of hydrogen-bond acceptors (Lipinski definition) is 0. The Kier molecular flexibility index (Phi) is 6.58. The number of allylic oxidation sites excluding steroid dienone is 4. The molecule has 0 aromatic heterocycles. The monoisotopic (exact) mass is 501 g/mol. The molecule has 0 saturated heterocycles. The molecule has 0 radical (unpaired) electrons. The Hall–Kier alpha value is -1.60. The third kappa shape index (κ3) is 3.57. The van der Waals surface area contributed by atoms with Crippen LogP contribution in [-0.4, -0.2) is 4.21 Å². The molecule has 0 spiro atoms. The summed E-state index contributed by atoms with van der Waals surface area (Å²) in [5.74, 6) is -0.184. The van der Waals surface area contributed by atoms with E-state index in [2.05, 4.69) is 60.7 Å². The van der Waals surface area contributed by atoms with Crippen molar-refractivity contribution in [3.05, 3.63) is 105 Å². The van der Waals surface area contributed by atoms with Crippen molar-refractivity contribution in [2.24, 2.45) is 0 Å². The van der Waals surface area contributed by atoms with Crippen LogP contribution in [-0.2, 0) is 26.2 Å². The summed E-state index contributed by atoms with van der Waals surface area (Å²) in [6, 6.07) is 22.5. The minimum atomic E-state index is -3.37. The van der Waals surface area contributed by atoms with Gasteiger partial charge in [0.2, 0.25) is 0 Å². The summed E-state index contributed by atoms with van der Waals surface area (Å²) in [4.78, 5) is 0. The maximum atomic E-state index is 13.6. The second-order valence-corrected chi connectivity index (χ2v) is 16.2. The standard InChI is InChI=1S/C13H9.C6H4F.C5H5.CH2.2ClH.Zr/c1-3-7-12-10(5-1)9-11-6-2-4-8-13(11)12;7-6-4-2-1-3-5-6;1-2-4-5-3-1;;;;/h1-5,7-8H,9H2;2-5H;1-3H,4H2;1H2;2*1H;. The zero-order valence-corrected chi connectivity index (χ0v) is 20.0. The fourth-order valence-corrected chi connectivity index (χ4v) is 13.7. The summed E-state index contributed by atoms with van der Waals surface area (Å²) >= 11 is -3.37. The Balaban J connectivity index is 0.00000120. The van der Waals surface area contributed by atoms with Gasteiger partial charge in [-0.3, -0.25) is 0 Å². The number of fused-ring (bicyclic) bond motifs is 3. The number of halogens is 3. The van der Waals surface area contributed by atoms with Crippen molar-refractivity contribution in [3.63, 3.8) is 0 Å². The molecule has 0 aliphatic heterocycles. The van der Waals surface area contributed by atoms with Gasteiger partial charge < -0.3 is 0 Å². The molecule has 2 aliphatic rings. The van der Waals surface area contributed by atoms with E-state index in [1.807, 2.05) is 12.1 Å². The fraction of sp³-hybridized carbons (Fsp3) is 0.0800. The first-order valence-corrected chi connectivity index (χ1v) is 14.8. The van der Waals surface area contributed by atoms with Gasteiger partial charge in [0.25, 0.3) is 0 Å². The first-order chi connectivity index (χ1) is 13.2. The van der Waals surface area contributed by atoms with Crippen molar-refractivity contribution in [1.29, 1.82) is 0 Å². The molecule has 3 aromatic carbocycles. The normalized spacial score (nSPS) is 15.4. The molecule has 0 fully saturated rings. The molecule has 29 heavy (non-hydrogen) atoms. The Labute approximate surface area is 187 Å². The predicted molar refractivity (Wildman–Crippen MR) is 124 cm³/mol. The van der Waals surface area contributed by atoms with Gasteiger partial charge in [0.1, 0.15) is 0 Å². The van der Waals surface area contributed by atoms with Crippen molar-refractivity contribution >= 4 is 35.6 Å². The van der Waals surface area contributed by atoms with Gasteiger partial charge in [0.15, 0.2) is 0 Å². The van der Waals surface area contributed by atoms with Crippen molar-refractivity contribution in [3.8, 4) is 11.1 Å². The van der Waals surface area contributed by atoms with Crippen molar-refractivity contribution in [1.82, 2.24) is 0 Å². The van der Waals surface area contributed by atoms with Gasteiger partial charge in [-0.15, -0.1) is 24.8 Å². The Morgan fingerprint density at radius 1 is 0.828 bits per heavy atom. The quantitative estimate of drug-likeness (QED) is 0.341. The first kappa shape index (κ1) is 22.1. The molecule has 5 rings (SSSR count). The molecule has 0 N–H and O–H groups in total. The van der Waals surface area contributed by atoms with Crippen LogP contribution >= 0.6 is 24.8 Å². The van der Waals surface area contributed by atoms with Crippen LogP contribution in [0.3, 0.4) is 0 Å². The number of benzene rings is 3. The number of rotatable bonds is 3. The van der Waals surface area contributed by atoms with Crippen LogP contribution in [0.4, 0.5) is 4.39 Å². The molecular formula is C25H22Cl2FZr. The van der Waals surface area contributed by atoms with Gasteiger partial charge in [-0.25, -0.2) is 0 Å². The average molecular weight is 504 g/mol. The summed E-state index contributed by atoms with van der Waals surface area (Å²) in [6.45, 7) is 0. The van der Waals surface area contributed by atoms with Crippen LogP contribution < -0.4 is 6.54 Å². The first-order valence-electron chi connectivity index (χ1n) is 9.36. The maximum absolute atomic E-state index is 13.6.